The van der Waals surface area contributed by atoms with Gasteiger partial charge in [-0.15, -0.1) is 0 Å². The maximum atomic E-state index is 10.9. The molecule has 2 aliphatic heterocycles. The monoisotopic (exact) mass is 344 g/mol. The van der Waals surface area contributed by atoms with Crippen LogP contribution in [0.4, 0.5) is 11.8 Å². The number of carbonyl (C=O) groups is 1. The van der Waals surface area contributed by atoms with Crippen molar-refractivity contribution < 1.29 is 9.90 Å². The fraction of sp³-hybridized carbons (Fsp3) is 0.737. The van der Waals surface area contributed by atoms with Crippen LogP contribution in [0.15, 0.2) is 6.07 Å². The van der Waals surface area contributed by atoms with Gasteiger partial charge in [0.25, 0.3) is 0 Å². The number of anilines is 2. The Bertz CT molecular complexity index is 687. The molecule has 3 fully saturated rings. The van der Waals surface area contributed by atoms with Crippen LogP contribution in [0.1, 0.15) is 46.2 Å². The van der Waals surface area contributed by atoms with E-state index in [4.69, 9.17) is 15.1 Å². The minimum atomic E-state index is -0.669. The highest BCUT2D eigenvalue weighted by Gasteiger charge is 2.56. The minimum Gasteiger partial charge on any atom is -0.481 e. The third-order valence-corrected chi connectivity index (χ3v) is 6.15. The van der Waals surface area contributed by atoms with Crippen molar-refractivity contribution in [1.82, 2.24) is 9.97 Å². The molecular weight excluding hydrogens is 316 g/mol. The molecule has 1 aromatic rings. The summed E-state index contributed by atoms with van der Waals surface area (Å²) in [5.74, 6) is 2.61. The lowest BCUT2D eigenvalue weighted by molar-refractivity contribution is -0.137. The van der Waals surface area contributed by atoms with Crippen LogP contribution in [0.2, 0.25) is 0 Å². The first kappa shape index (κ1) is 16.6. The van der Waals surface area contributed by atoms with Crippen molar-refractivity contribution in [2.75, 3.05) is 29.4 Å². The van der Waals surface area contributed by atoms with Crippen LogP contribution in [0.5, 0.6) is 0 Å². The van der Waals surface area contributed by atoms with Gasteiger partial charge in [0.2, 0.25) is 5.95 Å². The summed E-state index contributed by atoms with van der Waals surface area (Å²) in [7, 11) is 0. The fourth-order valence-corrected chi connectivity index (χ4v) is 4.25. The molecule has 2 saturated heterocycles. The third-order valence-electron chi connectivity index (χ3n) is 6.15. The number of piperidine rings is 1. The number of carboxylic acid groups (broad SMARTS) is 1. The maximum absolute atomic E-state index is 10.9. The van der Waals surface area contributed by atoms with Gasteiger partial charge < -0.3 is 14.9 Å². The predicted molar refractivity (Wildman–Crippen MR) is 97.1 cm³/mol. The molecule has 6 heteroatoms. The molecular formula is C19H28N4O2. The smallest absolute Gasteiger partial charge is 0.303 e. The van der Waals surface area contributed by atoms with Crippen molar-refractivity contribution in [2.45, 2.75) is 52.0 Å². The van der Waals surface area contributed by atoms with E-state index in [2.05, 4.69) is 43.6 Å². The second kappa shape index (κ2) is 5.58. The standard InChI is InChI=1S/C19H28N4O2/c1-11-5-6-23(11)18-20-15(19(2,3)4)8-16(21-18)22-9-13-12(7-17(24)25)14(13)10-22/h8,11-14H,5-7,9-10H2,1-4H3,(H,24,25)/t11?,12?,13-,14+. The maximum Gasteiger partial charge on any atom is 0.303 e. The molecule has 25 heavy (non-hydrogen) atoms. The molecule has 1 saturated carbocycles. The summed E-state index contributed by atoms with van der Waals surface area (Å²) >= 11 is 0. The number of aromatic nitrogens is 2. The lowest BCUT2D eigenvalue weighted by atomic mass is 9.92. The number of carboxylic acids is 1. The molecule has 1 aromatic heterocycles. The number of hydrogen-bond donors (Lipinski definition) is 1. The number of aliphatic carboxylic acids is 1. The molecule has 6 nitrogen and oxygen atoms in total. The Morgan fingerprint density at radius 2 is 1.96 bits per heavy atom. The topological polar surface area (TPSA) is 69.6 Å². The molecule has 136 valence electrons. The molecule has 3 heterocycles. The number of hydrogen-bond acceptors (Lipinski definition) is 5. The van der Waals surface area contributed by atoms with Gasteiger partial charge in [0.1, 0.15) is 5.82 Å². The van der Waals surface area contributed by atoms with Gasteiger partial charge in [0.05, 0.1) is 5.69 Å². The van der Waals surface area contributed by atoms with E-state index in [0.717, 1.165) is 37.1 Å². The van der Waals surface area contributed by atoms with E-state index in [1.807, 2.05) is 0 Å². The summed E-state index contributed by atoms with van der Waals surface area (Å²) in [5.41, 5.74) is 1.06. The zero-order chi connectivity index (χ0) is 17.9. The van der Waals surface area contributed by atoms with E-state index in [1.165, 1.54) is 6.42 Å². The zero-order valence-corrected chi connectivity index (χ0v) is 15.6. The summed E-state index contributed by atoms with van der Waals surface area (Å²) in [6.07, 6.45) is 1.51. The average Bonchev–Trinajstić information content (AvgIpc) is 2.95. The van der Waals surface area contributed by atoms with Crippen LogP contribution < -0.4 is 9.80 Å². The first-order valence-corrected chi connectivity index (χ1v) is 9.37. The Balaban J connectivity index is 1.56. The summed E-state index contributed by atoms with van der Waals surface area (Å²) in [6, 6.07) is 2.64. The van der Waals surface area contributed by atoms with Gasteiger partial charge >= 0.3 is 5.97 Å². The molecule has 1 N–H and O–H groups in total. The number of rotatable bonds is 4. The highest BCUT2D eigenvalue weighted by atomic mass is 16.4. The highest BCUT2D eigenvalue weighted by molar-refractivity contribution is 5.68. The second-order valence-corrected chi connectivity index (χ2v) is 8.99. The second-order valence-electron chi connectivity index (χ2n) is 8.99. The van der Waals surface area contributed by atoms with Crippen LogP contribution in [0.3, 0.4) is 0 Å². The van der Waals surface area contributed by atoms with E-state index in [1.54, 1.807) is 0 Å². The largest absolute Gasteiger partial charge is 0.481 e. The van der Waals surface area contributed by atoms with Crippen molar-refractivity contribution in [1.29, 1.82) is 0 Å². The molecule has 3 aliphatic rings. The van der Waals surface area contributed by atoms with Gasteiger partial charge in [-0.05, 0) is 31.1 Å². The van der Waals surface area contributed by atoms with Gasteiger partial charge in [-0.3, -0.25) is 4.79 Å². The molecule has 2 unspecified atom stereocenters. The van der Waals surface area contributed by atoms with Crippen LogP contribution in [-0.2, 0) is 10.2 Å². The molecule has 0 radical (unpaired) electrons. The normalized spacial score (nSPS) is 30.9. The Labute approximate surface area is 149 Å². The first-order valence-electron chi connectivity index (χ1n) is 9.37. The number of fused-ring (bicyclic) bond motifs is 1. The first-order chi connectivity index (χ1) is 11.7. The SMILES string of the molecule is CC1CCN1c1nc(N2C[C@@H]3C(CC(=O)O)[C@@H]3C2)cc(C(C)(C)C)n1. The third kappa shape index (κ3) is 2.96. The van der Waals surface area contributed by atoms with E-state index < -0.39 is 5.97 Å². The molecule has 0 amide bonds. The molecule has 0 bridgehead atoms. The van der Waals surface area contributed by atoms with Crippen molar-refractivity contribution >= 4 is 17.7 Å². The van der Waals surface area contributed by atoms with Gasteiger partial charge in [0.15, 0.2) is 0 Å². The summed E-state index contributed by atoms with van der Waals surface area (Å²) in [5, 5.41) is 9.00. The quantitative estimate of drug-likeness (QED) is 0.905. The average molecular weight is 344 g/mol. The summed E-state index contributed by atoms with van der Waals surface area (Å²) in [6.45, 7) is 11.7. The Kier molecular flexibility index (Phi) is 3.71. The minimum absolute atomic E-state index is 0.0188. The van der Waals surface area contributed by atoms with Crippen LogP contribution in [0, 0.1) is 17.8 Å². The van der Waals surface area contributed by atoms with Gasteiger partial charge in [-0.2, -0.15) is 4.98 Å². The fourth-order valence-electron chi connectivity index (χ4n) is 4.25. The molecule has 4 rings (SSSR count). The lowest BCUT2D eigenvalue weighted by Gasteiger charge is -2.39. The molecule has 0 aromatic carbocycles. The van der Waals surface area contributed by atoms with E-state index in [9.17, 15) is 4.79 Å². The molecule has 1 aliphatic carbocycles. The summed E-state index contributed by atoms with van der Waals surface area (Å²) < 4.78 is 0. The molecule has 0 spiro atoms. The van der Waals surface area contributed by atoms with Crippen molar-refractivity contribution in [3.05, 3.63) is 11.8 Å². The van der Waals surface area contributed by atoms with Crippen molar-refractivity contribution in [3.63, 3.8) is 0 Å². The Morgan fingerprint density at radius 1 is 1.28 bits per heavy atom. The van der Waals surface area contributed by atoms with Gasteiger partial charge in [0, 0.05) is 43.6 Å². The van der Waals surface area contributed by atoms with Crippen LogP contribution in [0.25, 0.3) is 0 Å². The van der Waals surface area contributed by atoms with Crippen molar-refractivity contribution in [2.24, 2.45) is 17.8 Å². The summed E-state index contributed by atoms with van der Waals surface area (Å²) in [4.78, 5) is 25.3. The predicted octanol–water partition coefficient (Wildman–Crippen LogP) is 2.53. The van der Waals surface area contributed by atoms with Crippen molar-refractivity contribution in [3.8, 4) is 0 Å². The highest BCUT2D eigenvalue weighted by Crippen LogP contribution is 2.54. The van der Waals surface area contributed by atoms with E-state index in [-0.39, 0.29) is 5.41 Å². The molecule has 4 atom stereocenters. The van der Waals surface area contributed by atoms with E-state index >= 15 is 0 Å². The van der Waals surface area contributed by atoms with E-state index in [0.29, 0.717) is 30.2 Å². The number of nitrogens with zero attached hydrogens (tertiary/aromatic N) is 4. The Morgan fingerprint density at radius 3 is 2.44 bits per heavy atom. The lowest BCUT2D eigenvalue weighted by Crippen LogP contribution is -2.47. The van der Waals surface area contributed by atoms with Crippen LogP contribution >= 0.6 is 0 Å². The zero-order valence-electron chi connectivity index (χ0n) is 15.6. The van der Waals surface area contributed by atoms with Gasteiger partial charge in [-0.1, -0.05) is 20.8 Å². The van der Waals surface area contributed by atoms with Gasteiger partial charge in [-0.25, -0.2) is 4.98 Å². The Hall–Kier alpha value is -1.85. The van der Waals surface area contributed by atoms with Crippen LogP contribution in [-0.4, -0.2) is 46.7 Å².